The standard InChI is InChI=1S/C17H19NO4S/c19-14(18-17(15(20)21)6-8-23-10-17)12-9-16(12)5-7-22-13-4-2-1-3-11(13)16/h1-4,12H,5-10H2,(H,18,19)(H,20,21)/t12-,16-,17?/m0/s1. The number of hydrogen-bond acceptors (Lipinski definition) is 4. The molecule has 1 amide bonds. The second-order valence-corrected chi connectivity index (χ2v) is 7.79. The van der Waals surface area contributed by atoms with E-state index in [9.17, 15) is 14.7 Å². The van der Waals surface area contributed by atoms with E-state index in [0.717, 1.165) is 29.9 Å². The van der Waals surface area contributed by atoms with Crippen LogP contribution in [0.15, 0.2) is 24.3 Å². The molecule has 5 nitrogen and oxygen atoms in total. The number of thioether (sulfide) groups is 1. The van der Waals surface area contributed by atoms with Crippen molar-refractivity contribution in [2.24, 2.45) is 5.92 Å². The van der Waals surface area contributed by atoms with Crippen molar-refractivity contribution in [3.05, 3.63) is 29.8 Å². The fourth-order valence-electron chi connectivity index (χ4n) is 3.91. The number of rotatable bonds is 3. The Morgan fingerprint density at radius 2 is 2.13 bits per heavy atom. The van der Waals surface area contributed by atoms with Gasteiger partial charge in [0.1, 0.15) is 11.3 Å². The highest BCUT2D eigenvalue weighted by Crippen LogP contribution is 2.60. The maximum absolute atomic E-state index is 12.7. The summed E-state index contributed by atoms with van der Waals surface area (Å²) in [5.74, 6) is 0.907. The molecule has 1 aromatic rings. The lowest BCUT2D eigenvalue weighted by molar-refractivity contribution is -0.146. The van der Waals surface area contributed by atoms with Gasteiger partial charge in [-0.05, 0) is 31.1 Å². The molecule has 2 fully saturated rings. The van der Waals surface area contributed by atoms with Crippen LogP contribution in [-0.4, -0.2) is 40.6 Å². The lowest BCUT2D eigenvalue weighted by atomic mass is 9.87. The molecule has 3 aliphatic rings. The monoisotopic (exact) mass is 333 g/mol. The Morgan fingerprint density at radius 1 is 1.30 bits per heavy atom. The van der Waals surface area contributed by atoms with Crippen LogP contribution >= 0.6 is 11.8 Å². The number of benzene rings is 1. The Balaban J connectivity index is 1.55. The van der Waals surface area contributed by atoms with Gasteiger partial charge in [-0.3, -0.25) is 4.79 Å². The summed E-state index contributed by atoms with van der Waals surface area (Å²) in [6.07, 6.45) is 2.09. The van der Waals surface area contributed by atoms with Crippen molar-refractivity contribution in [1.29, 1.82) is 0 Å². The molecule has 2 aliphatic heterocycles. The highest BCUT2D eigenvalue weighted by atomic mass is 32.2. The molecule has 6 heteroatoms. The first-order chi connectivity index (χ1) is 11.1. The molecule has 4 rings (SSSR count). The van der Waals surface area contributed by atoms with Crippen molar-refractivity contribution >= 4 is 23.6 Å². The van der Waals surface area contributed by atoms with Crippen molar-refractivity contribution in [2.75, 3.05) is 18.1 Å². The van der Waals surface area contributed by atoms with Crippen molar-refractivity contribution in [2.45, 2.75) is 30.2 Å². The predicted molar refractivity (Wildman–Crippen MR) is 86.8 cm³/mol. The molecule has 1 saturated heterocycles. The highest BCUT2D eigenvalue weighted by Gasteiger charge is 2.62. The van der Waals surface area contributed by atoms with E-state index in [0.29, 0.717) is 18.8 Å². The Bertz CT molecular complexity index is 670. The zero-order valence-corrected chi connectivity index (χ0v) is 13.5. The number of aliphatic carboxylic acids is 1. The molecular weight excluding hydrogens is 314 g/mol. The smallest absolute Gasteiger partial charge is 0.330 e. The first kappa shape index (κ1) is 14.9. The van der Waals surface area contributed by atoms with Crippen molar-refractivity contribution < 1.29 is 19.4 Å². The molecule has 23 heavy (non-hydrogen) atoms. The molecule has 1 spiro atoms. The van der Waals surface area contributed by atoms with Gasteiger partial charge in [-0.25, -0.2) is 4.79 Å². The summed E-state index contributed by atoms with van der Waals surface area (Å²) >= 11 is 1.58. The van der Waals surface area contributed by atoms with Crippen LogP contribution in [-0.2, 0) is 15.0 Å². The normalized spacial score (nSPS) is 34.5. The minimum atomic E-state index is -1.09. The van der Waals surface area contributed by atoms with Gasteiger partial charge in [-0.2, -0.15) is 11.8 Å². The van der Waals surface area contributed by atoms with Gasteiger partial charge in [0.15, 0.2) is 0 Å². The van der Waals surface area contributed by atoms with E-state index in [1.807, 2.05) is 24.3 Å². The van der Waals surface area contributed by atoms with Gasteiger partial charge in [0.2, 0.25) is 5.91 Å². The van der Waals surface area contributed by atoms with E-state index in [-0.39, 0.29) is 17.2 Å². The number of hydrogen-bond donors (Lipinski definition) is 2. The van der Waals surface area contributed by atoms with E-state index < -0.39 is 11.5 Å². The topological polar surface area (TPSA) is 75.6 Å². The van der Waals surface area contributed by atoms with Crippen LogP contribution in [0.3, 0.4) is 0 Å². The van der Waals surface area contributed by atoms with E-state index in [1.165, 1.54) is 0 Å². The molecule has 0 aromatic heterocycles. The van der Waals surface area contributed by atoms with Gasteiger partial charge in [0, 0.05) is 22.6 Å². The number of amides is 1. The largest absolute Gasteiger partial charge is 0.493 e. The Morgan fingerprint density at radius 3 is 2.87 bits per heavy atom. The Hall–Kier alpha value is -1.69. The number of carbonyl (C=O) groups is 2. The Labute approximate surface area is 138 Å². The molecule has 0 bridgehead atoms. The molecule has 122 valence electrons. The molecule has 3 atom stereocenters. The summed E-state index contributed by atoms with van der Waals surface area (Å²) in [4.78, 5) is 24.3. The minimum absolute atomic E-state index is 0.119. The van der Waals surface area contributed by atoms with Gasteiger partial charge in [-0.15, -0.1) is 0 Å². The average Bonchev–Trinajstić information content (AvgIpc) is 3.05. The number of nitrogens with one attached hydrogen (secondary N) is 1. The molecule has 1 unspecified atom stereocenters. The molecule has 1 saturated carbocycles. The van der Waals surface area contributed by atoms with E-state index in [1.54, 1.807) is 11.8 Å². The third-order valence-electron chi connectivity index (χ3n) is 5.41. The van der Waals surface area contributed by atoms with Crippen LogP contribution in [0.5, 0.6) is 5.75 Å². The van der Waals surface area contributed by atoms with Crippen LogP contribution in [0.2, 0.25) is 0 Å². The van der Waals surface area contributed by atoms with Gasteiger partial charge in [0.25, 0.3) is 0 Å². The van der Waals surface area contributed by atoms with E-state index in [4.69, 9.17) is 4.74 Å². The maximum Gasteiger partial charge on any atom is 0.330 e. The van der Waals surface area contributed by atoms with Crippen molar-refractivity contribution in [1.82, 2.24) is 5.32 Å². The average molecular weight is 333 g/mol. The fourth-order valence-corrected chi connectivity index (χ4v) is 5.24. The van der Waals surface area contributed by atoms with Gasteiger partial charge >= 0.3 is 5.97 Å². The zero-order valence-electron chi connectivity index (χ0n) is 12.7. The fraction of sp³-hybridized carbons (Fsp3) is 0.529. The van der Waals surface area contributed by atoms with Crippen LogP contribution < -0.4 is 10.1 Å². The molecule has 1 aliphatic carbocycles. The van der Waals surface area contributed by atoms with Crippen LogP contribution in [0.1, 0.15) is 24.8 Å². The van der Waals surface area contributed by atoms with Crippen LogP contribution in [0, 0.1) is 5.92 Å². The summed E-state index contributed by atoms with van der Waals surface area (Å²) < 4.78 is 5.69. The number of carboxylic acids is 1. The van der Waals surface area contributed by atoms with Gasteiger partial charge in [0.05, 0.1) is 6.61 Å². The number of carboxylic acid groups (broad SMARTS) is 1. The first-order valence-corrected chi connectivity index (χ1v) is 9.08. The molecular formula is C17H19NO4S. The first-order valence-electron chi connectivity index (χ1n) is 7.93. The number of para-hydroxylation sites is 1. The summed E-state index contributed by atoms with van der Waals surface area (Å²) in [5, 5.41) is 12.4. The number of fused-ring (bicyclic) bond motifs is 2. The van der Waals surface area contributed by atoms with Crippen molar-refractivity contribution in [3.63, 3.8) is 0 Å². The van der Waals surface area contributed by atoms with E-state index >= 15 is 0 Å². The summed E-state index contributed by atoms with van der Waals surface area (Å²) in [7, 11) is 0. The third-order valence-corrected chi connectivity index (χ3v) is 6.60. The highest BCUT2D eigenvalue weighted by molar-refractivity contribution is 7.99. The minimum Gasteiger partial charge on any atom is -0.493 e. The second kappa shape index (κ2) is 5.16. The summed E-state index contributed by atoms with van der Waals surface area (Å²) in [6.45, 7) is 0.612. The van der Waals surface area contributed by atoms with Crippen LogP contribution in [0.25, 0.3) is 0 Å². The molecule has 0 radical (unpaired) electrons. The molecule has 2 N–H and O–H groups in total. The van der Waals surface area contributed by atoms with E-state index in [2.05, 4.69) is 5.32 Å². The summed E-state index contributed by atoms with van der Waals surface area (Å²) in [6, 6.07) is 7.87. The second-order valence-electron chi connectivity index (χ2n) is 6.69. The van der Waals surface area contributed by atoms with Crippen LogP contribution in [0.4, 0.5) is 0 Å². The quantitative estimate of drug-likeness (QED) is 0.882. The van der Waals surface area contributed by atoms with Gasteiger partial charge < -0.3 is 15.2 Å². The number of carbonyl (C=O) groups excluding carboxylic acids is 1. The zero-order chi connectivity index (χ0) is 16.1. The SMILES string of the molecule is O=C(NC1(C(=O)O)CCSC1)[C@@H]1C[C@]12CCOc1ccccc12. The summed E-state index contributed by atoms with van der Waals surface area (Å²) in [5.41, 5.74) is -0.155. The predicted octanol–water partition coefficient (Wildman–Crippen LogP) is 1.80. The lowest BCUT2D eigenvalue weighted by Gasteiger charge is -2.28. The lowest BCUT2D eigenvalue weighted by Crippen LogP contribution is -2.55. The van der Waals surface area contributed by atoms with Crippen molar-refractivity contribution in [3.8, 4) is 5.75 Å². The maximum atomic E-state index is 12.7. The number of ether oxygens (including phenoxy) is 1. The van der Waals surface area contributed by atoms with Gasteiger partial charge in [-0.1, -0.05) is 18.2 Å². The molecule has 2 heterocycles. The Kier molecular flexibility index (Phi) is 3.34. The molecule has 1 aromatic carbocycles. The third kappa shape index (κ3) is 2.23.